The Kier molecular flexibility index (Phi) is 12.6. The van der Waals surface area contributed by atoms with Crippen molar-refractivity contribution in [1.82, 2.24) is 0 Å². The lowest BCUT2D eigenvalue weighted by atomic mass is 10.1. The Hall–Kier alpha value is -5.26. The summed E-state index contributed by atoms with van der Waals surface area (Å²) in [6, 6.07) is 30.7. The summed E-state index contributed by atoms with van der Waals surface area (Å²) in [6.45, 7) is 1.54. The molecule has 0 aromatic heterocycles. The van der Waals surface area contributed by atoms with Gasteiger partial charge in [-0.2, -0.15) is 8.42 Å². The van der Waals surface area contributed by atoms with E-state index in [0.717, 1.165) is 5.56 Å². The fraction of sp³-hybridized carbons (Fsp3) is 0.179. The number of rotatable bonds is 17. The summed E-state index contributed by atoms with van der Waals surface area (Å²) in [5.41, 5.74) is 3.08. The number of aryl methyl sites for hydroxylation is 1. The average Bonchev–Trinajstić information content (AvgIpc) is 3.17. The fourth-order valence-electron chi connectivity index (χ4n) is 4.93. The molecule has 0 amide bonds. The standard InChI is InChI=1S/C39H39O11PS/c1-28-16-21-33(22-17-28)52(41,42)50-37-32(19-18-31-24-35(44-3)38(46-5)36(25-31)45-4)20-23-34(43-2)39(37)49-51(40,47-26-29-12-8-6-9-13-29)48-27-30-14-10-7-11-15-30/h6-25H,26-27H2,1-5H3/b19-18+. The molecule has 0 N–H and O–H groups in total. The number of phosphoric acid groups is 1. The summed E-state index contributed by atoms with van der Waals surface area (Å²) in [5, 5.41) is 0. The van der Waals surface area contributed by atoms with Crippen molar-refractivity contribution in [3.8, 4) is 34.5 Å². The highest BCUT2D eigenvalue weighted by Crippen LogP contribution is 2.56. The molecule has 0 saturated heterocycles. The lowest BCUT2D eigenvalue weighted by molar-refractivity contribution is 0.141. The minimum absolute atomic E-state index is 0.00545. The van der Waals surface area contributed by atoms with Crippen LogP contribution in [0.5, 0.6) is 34.5 Å². The van der Waals surface area contributed by atoms with Crippen LogP contribution in [0.2, 0.25) is 0 Å². The van der Waals surface area contributed by atoms with Gasteiger partial charge in [-0.3, -0.25) is 9.05 Å². The summed E-state index contributed by atoms with van der Waals surface area (Å²) in [4.78, 5) is -0.115. The highest BCUT2D eigenvalue weighted by Gasteiger charge is 2.34. The summed E-state index contributed by atoms with van der Waals surface area (Å²) < 4.78 is 87.8. The van der Waals surface area contributed by atoms with Crippen LogP contribution in [0.25, 0.3) is 12.2 Å². The van der Waals surface area contributed by atoms with Gasteiger partial charge in [0.05, 0.1) is 41.7 Å². The first-order chi connectivity index (χ1) is 25.1. The van der Waals surface area contributed by atoms with Crippen LogP contribution in [0.3, 0.4) is 0 Å². The lowest BCUT2D eigenvalue weighted by Crippen LogP contribution is -2.12. The third-order valence-corrected chi connectivity index (χ3v) is 10.2. The second kappa shape index (κ2) is 17.3. The molecule has 0 bridgehead atoms. The van der Waals surface area contributed by atoms with Gasteiger partial charge >= 0.3 is 17.9 Å². The van der Waals surface area contributed by atoms with E-state index in [-0.39, 0.29) is 40.9 Å². The molecule has 5 rings (SSSR count). The SMILES string of the molecule is COc1cc(/C=C/c2ccc(OC)c(OP(=O)(OCc3ccccc3)OCc3ccccc3)c2OS(=O)(=O)c2ccc(C)cc2)cc(OC)c1OC. The second-order valence-corrected chi connectivity index (χ2v) is 14.4. The van der Waals surface area contributed by atoms with E-state index < -0.39 is 17.9 Å². The van der Waals surface area contributed by atoms with Gasteiger partial charge in [-0.15, -0.1) is 0 Å². The molecule has 0 saturated carbocycles. The third kappa shape index (κ3) is 9.54. The van der Waals surface area contributed by atoms with E-state index in [1.54, 1.807) is 66.7 Å². The zero-order chi connectivity index (χ0) is 37.1. The summed E-state index contributed by atoms with van der Waals surface area (Å²) in [7, 11) is -3.17. The minimum atomic E-state index is -4.54. The number of benzene rings is 5. The third-order valence-electron chi connectivity index (χ3n) is 7.64. The Bertz CT molecular complexity index is 2060. The van der Waals surface area contributed by atoms with E-state index in [9.17, 15) is 13.0 Å². The van der Waals surface area contributed by atoms with Crippen LogP contribution in [0.1, 0.15) is 27.8 Å². The summed E-state index contributed by atoms with van der Waals surface area (Å²) >= 11 is 0. The van der Waals surface area contributed by atoms with Crippen LogP contribution in [0.4, 0.5) is 0 Å². The maximum atomic E-state index is 14.5. The normalized spacial score (nSPS) is 11.6. The molecule has 52 heavy (non-hydrogen) atoms. The monoisotopic (exact) mass is 746 g/mol. The van der Waals surface area contributed by atoms with Gasteiger partial charge in [0.2, 0.25) is 11.5 Å². The zero-order valence-electron chi connectivity index (χ0n) is 29.3. The predicted octanol–water partition coefficient (Wildman–Crippen LogP) is 8.89. The van der Waals surface area contributed by atoms with Crippen molar-refractivity contribution in [3.05, 3.63) is 137 Å². The Morgan fingerprint density at radius 2 is 1.13 bits per heavy atom. The molecular weight excluding hydrogens is 707 g/mol. The molecule has 11 nitrogen and oxygen atoms in total. The molecule has 272 valence electrons. The van der Waals surface area contributed by atoms with Crippen molar-refractivity contribution in [2.45, 2.75) is 25.0 Å². The Morgan fingerprint density at radius 3 is 1.63 bits per heavy atom. The predicted molar refractivity (Wildman–Crippen MR) is 198 cm³/mol. The largest absolute Gasteiger partial charge is 0.530 e. The smallest absolute Gasteiger partial charge is 0.493 e. The van der Waals surface area contributed by atoms with Gasteiger partial charge in [-0.1, -0.05) is 90.5 Å². The van der Waals surface area contributed by atoms with Crippen LogP contribution in [0.15, 0.2) is 114 Å². The first-order valence-electron chi connectivity index (χ1n) is 15.9. The molecule has 13 heteroatoms. The van der Waals surface area contributed by atoms with Crippen LogP contribution in [-0.4, -0.2) is 36.9 Å². The van der Waals surface area contributed by atoms with E-state index in [2.05, 4.69) is 0 Å². The molecule has 0 unspecified atom stereocenters. The number of hydrogen-bond acceptors (Lipinski definition) is 11. The van der Waals surface area contributed by atoms with E-state index in [0.29, 0.717) is 33.9 Å². The average molecular weight is 747 g/mol. The molecule has 0 aliphatic rings. The van der Waals surface area contributed by atoms with Crippen LogP contribution < -0.4 is 27.7 Å². The summed E-state index contributed by atoms with van der Waals surface area (Å²) in [5.74, 6) is 0.574. The number of methoxy groups -OCH3 is 4. The maximum absolute atomic E-state index is 14.5. The van der Waals surface area contributed by atoms with Gasteiger partial charge in [0.15, 0.2) is 23.0 Å². The zero-order valence-corrected chi connectivity index (χ0v) is 31.0. The highest BCUT2D eigenvalue weighted by atomic mass is 32.2. The Balaban J connectivity index is 1.63. The molecule has 0 heterocycles. The Labute approximate surface area is 304 Å². The molecule has 0 atom stereocenters. The summed E-state index contributed by atoms with van der Waals surface area (Å²) in [6.07, 6.45) is 3.27. The van der Waals surface area contributed by atoms with Crippen LogP contribution >= 0.6 is 7.82 Å². The van der Waals surface area contributed by atoms with Gasteiger partial charge < -0.3 is 27.7 Å². The van der Waals surface area contributed by atoms with Crippen LogP contribution in [0, 0.1) is 6.92 Å². The number of phosphoric ester groups is 1. The van der Waals surface area contributed by atoms with Crippen molar-refractivity contribution in [2.75, 3.05) is 28.4 Å². The van der Waals surface area contributed by atoms with Gasteiger partial charge in [0, 0.05) is 5.56 Å². The van der Waals surface area contributed by atoms with Gasteiger partial charge in [-0.25, -0.2) is 4.57 Å². The van der Waals surface area contributed by atoms with Gasteiger partial charge in [0.25, 0.3) is 0 Å². The number of hydrogen-bond donors (Lipinski definition) is 0. The topological polar surface area (TPSA) is 125 Å². The quantitative estimate of drug-likeness (QED) is 0.0515. The molecule has 0 radical (unpaired) electrons. The first kappa shape index (κ1) is 38.0. The van der Waals surface area contributed by atoms with Crippen molar-refractivity contribution in [3.63, 3.8) is 0 Å². The van der Waals surface area contributed by atoms with Crippen molar-refractivity contribution in [1.29, 1.82) is 0 Å². The highest BCUT2D eigenvalue weighted by molar-refractivity contribution is 7.87. The second-order valence-electron chi connectivity index (χ2n) is 11.2. The molecule has 0 aliphatic heterocycles. The van der Waals surface area contributed by atoms with Crippen molar-refractivity contribution >= 4 is 30.1 Å². The molecule has 5 aromatic rings. The van der Waals surface area contributed by atoms with E-state index >= 15 is 0 Å². The lowest BCUT2D eigenvalue weighted by Gasteiger charge is -2.22. The minimum Gasteiger partial charge on any atom is -0.493 e. The first-order valence-corrected chi connectivity index (χ1v) is 18.8. The molecular formula is C39H39O11PS. The van der Waals surface area contributed by atoms with E-state index in [1.807, 2.05) is 43.3 Å². The number of ether oxygens (including phenoxy) is 4. The van der Waals surface area contributed by atoms with Crippen molar-refractivity contribution in [2.24, 2.45) is 0 Å². The molecule has 5 aromatic carbocycles. The van der Waals surface area contributed by atoms with E-state index in [4.69, 9.17) is 36.7 Å². The molecule has 0 fully saturated rings. The molecule has 0 spiro atoms. The molecule has 0 aliphatic carbocycles. The fourth-order valence-corrected chi connectivity index (χ4v) is 7.08. The van der Waals surface area contributed by atoms with Crippen molar-refractivity contribution < 1.29 is 49.7 Å². The Morgan fingerprint density at radius 1 is 0.596 bits per heavy atom. The maximum Gasteiger partial charge on any atom is 0.530 e. The van der Waals surface area contributed by atoms with Crippen LogP contribution in [-0.2, 0) is 36.9 Å². The van der Waals surface area contributed by atoms with Gasteiger partial charge in [0.1, 0.15) is 4.90 Å². The van der Waals surface area contributed by atoms with E-state index in [1.165, 1.54) is 46.6 Å². The van der Waals surface area contributed by atoms with Gasteiger partial charge in [-0.05, 0) is 60.0 Å².